The monoisotopic (exact) mass is 267 g/mol. The fourth-order valence-corrected chi connectivity index (χ4v) is 2.23. The number of rotatable bonds is 2. The van der Waals surface area contributed by atoms with Crippen LogP contribution < -0.4 is 11.3 Å². The number of aromatic amines is 1. The minimum atomic E-state index is -0.808. The zero-order valence-corrected chi connectivity index (χ0v) is 9.85. The lowest BCUT2D eigenvalue weighted by molar-refractivity contribution is -0.0486. The largest absolute Gasteiger partial charge is 0.394 e. The third-order valence-electron chi connectivity index (χ3n) is 3.09. The van der Waals surface area contributed by atoms with Crippen molar-refractivity contribution in [2.75, 3.05) is 12.3 Å². The van der Waals surface area contributed by atoms with E-state index in [0.29, 0.717) is 6.42 Å². The molecular weight excluding hydrogens is 254 g/mol. The first-order chi connectivity index (χ1) is 9.10. The number of nitrogens with two attached hydrogens (primary N) is 1. The van der Waals surface area contributed by atoms with Gasteiger partial charge in [0.25, 0.3) is 5.56 Å². The fourth-order valence-electron chi connectivity index (χ4n) is 2.23. The summed E-state index contributed by atoms with van der Waals surface area (Å²) in [5, 5.41) is 19.0. The lowest BCUT2D eigenvalue weighted by Gasteiger charge is -2.16. The minimum absolute atomic E-state index is 0.0366. The van der Waals surface area contributed by atoms with Crippen molar-refractivity contribution < 1.29 is 14.9 Å². The van der Waals surface area contributed by atoms with E-state index in [1.54, 1.807) is 0 Å². The number of fused-ring (bicyclic) bond motifs is 1. The van der Waals surface area contributed by atoms with Crippen LogP contribution in [-0.2, 0) is 4.74 Å². The van der Waals surface area contributed by atoms with Gasteiger partial charge in [-0.25, -0.2) is 4.98 Å². The number of nitrogens with one attached hydrogen (secondary N) is 1. The SMILES string of the molecule is Nc1nc2c(ncn2[C@H]2O[C@H](CO)C[C@@H]2O)c(=O)[nH]1. The number of aliphatic hydroxyl groups is 2. The summed E-state index contributed by atoms with van der Waals surface area (Å²) < 4.78 is 6.93. The molecule has 5 N–H and O–H groups in total. The van der Waals surface area contributed by atoms with Crippen molar-refractivity contribution in [2.24, 2.45) is 0 Å². The number of nitrogens with zero attached hydrogens (tertiary/aromatic N) is 3. The second kappa shape index (κ2) is 4.30. The van der Waals surface area contributed by atoms with E-state index in [0.717, 1.165) is 0 Å². The minimum Gasteiger partial charge on any atom is -0.394 e. The molecule has 1 fully saturated rings. The topological polar surface area (TPSA) is 139 Å². The van der Waals surface area contributed by atoms with Crippen LogP contribution in [0.2, 0.25) is 0 Å². The lowest BCUT2D eigenvalue weighted by Crippen LogP contribution is -2.20. The van der Waals surface area contributed by atoms with Crippen LogP contribution in [0.3, 0.4) is 0 Å². The van der Waals surface area contributed by atoms with Gasteiger partial charge in [-0.15, -0.1) is 0 Å². The molecule has 3 atom stereocenters. The molecule has 0 aliphatic carbocycles. The second-order valence-electron chi connectivity index (χ2n) is 4.41. The number of H-pyrrole nitrogens is 1. The van der Waals surface area contributed by atoms with Crippen molar-refractivity contribution in [1.29, 1.82) is 0 Å². The molecule has 19 heavy (non-hydrogen) atoms. The molecule has 2 aromatic heterocycles. The molecule has 9 heteroatoms. The predicted molar refractivity (Wildman–Crippen MR) is 64.2 cm³/mol. The molecule has 1 aliphatic heterocycles. The van der Waals surface area contributed by atoms with Crippen LogP contribution in [0, 0.1) is 0 Å². The summed E-state index contributed by atoms with van der Waals surface area (Å²) >= 11 is 0. The normalized spacial score (nSPS) is 27.2. The number of hydrogen-bond donors (Lipinski definition) is 4. The van der Waals surface area contributed by atoms with Gasteiger partial charge in [0, 0.05) is 6.42 Å². The van der Waals surface area contributed by atoms with Crippen LogP contribution >= 0.6 is 0 Å². The van der Waals surface area contributed by atoms with E-state index in [4.69, 9.17) is 15.6 Å². The number of imidazole rings is 1. The van der Waals surface area contributed by atoms with Crippen LogP contribution in [0.25, 0.3) is 11.2 Å². The van der Waals surface area contributed by atoms with Gasteiger partial charge in [-0.1, -0.05) is 0 Å². The van der Waals surface area contributed by atoms with Gasteiger partial charge in [0.05, 0.1) is 19.0 Å². The molecule has 2 aromatic rings. The molecule has 0 unspecified atom stereocenters. The molecular formula is C10H13N5O4. The van der Waals surface area contributed by atoms with Crippen LogP contribution in [0.15, 0.2) is 11.1 Å². The Morgan fingerprint density at radius 2 is 2.42 bits per heavy atom. The average molecular weight is 267 g/mol. The maximum Gasteiger partial charge on any atom is 0.280 e. The van der Waals surface area contributed by atoms with Crippen LogP contribution in [-0.4, -0.2) is 48.5 Å². The highest BCUT2D eigenvalue weighted by Crippen LogP contribution is 2.30. The highest BCUT2D eigenvalue weighted by atomic mass is 16.5. The highest BCUT2D eigenvalue weighted by Gasteiger charge is 2.35. The molecule has 102 valence electrons. The Morgan fingerprint density at radius 1 is 1.63 bits per heavy atom. The van der Waals surface area contributed by atoms with Gasteiger partial charge >= 0.3 is 0 Å². The summed E-state index contributed by atoms with van der Waals surface area (Å²) in [5.74, 6) is -0.0366. The van der Waals surface area contributed by atoms with Gasteiger partial charge in [0.1, 0.15) is 6.10 Å². The molecule has 1 aliphatic rings. The number of nitrogen functional groups attached to an aromatic ring is 1. The first-order valence-corrected chi connectivity index (χ1v) is 5.77. The zero-order chi connectivity index (χ0) is 13.6. The average Bonchev–Trinajstić information content (AvgIpc) is 2.92. The maximum absolute atomic E-state index is 11.6. The van der Waals surface area contributed by atoms with E-state index >= 15 is 0 Å². The second-order valence-corrected chi connectivity index (χ2v) is 4.41. The van der Waals surface area contributed by atoms with Gasteiger partial charge in [0.2, 0.25) is 5.95 Å². The Morgan fingerprint density at radius 3 is 3.11 bits per heavy atom. The van der Waals surface area contributed by atoms with E-state index in [1.165, 1.54) is 10.9 Å². The van der Waals surface area contributed by atoms with E-state index in [9.17, 15) is 9.90 Å². The number of anilines is 1. The quantitative estimate of drug-likeness (QED) is 0.510. The smallest absolute Gasteiger partial charge is 0.280 e. The predicted octanol–water partition coefficient (Wildman–Crippen LogP) is -1.66. The third-order valence-corrected chi connectivity index (χ3v) is 3.09. The Bertz CT molecular complexity index is 665. The molecule has 1 saturated heterocycles. The Balaban J connectivity index is 2.09. The number of aliphatic hydroxyl groups excluding tert-OH is 2. The summed E-state index contributed by atoms with van der Waals surface area (Å²) in [4.78, 5) is 21.9. The summed E-state index contributed by atoms with van der Waals surface area (Å²) in [6.07, 6.45) is -0.330. The van der Waals surface area contributed by atoms with Crippen molar-refractivity contribution in [3.63, 3.8) is 0 Å². The standard InChI is InChI=1S/C10H13N5O4/c11-10-13-7-6(8(18)14-10)12-3-15(7)9-5(17)1-4(2-16)19-9/h3-5,9,16-17H,1-2H2,(H3,11,13,14,18)/t4-,5-,9-/m0/s1. The van der Waals surface area contributed by atoms with E-state index in [1.807, 2.05) is 0 Å². The van der Waals surface area contributed by atoms with Gasteiger partial charge in [-0.3, -0.25) is 14.3 Å². The van der Waals surface area contributed by atoms with Crippen molar-refractivity contribution in [3.8, 4) is 0 Å². The summed E-state index contributed by atoms with van der Waals surface area (Å²) in [6, 6.07) is 0. The van der Waals surface area contributed by atoms with Crippen molar-refractivity contribution in [3.05, 3.63) is 16.7 Å². The Labute approximate surface area is 106 Å². The molecule has 3 heterocycles. The van der Waals surface area contributed by atoms with E-state index < -0.39 is 24.0 Å². The molecule has 0 saturated carbocycles. The van der Waals surface area contributed by atoms with Gasteiger partial charge < -0.3 is 20.7 Å². The van der Waals surface area contributed by atoms with Crippen molar-refractivity contribution in [1.82, 2.24) is 19.5 Å². The Kier molecular flexibility index (Phi) is 2.73. The van der Waals surface area contributed by atoms with Crippen LogP contribution in [0.1, 0.15) is 12.6 Å². The lowest BCUT2D eigenvalue weighted by atomic mass is 10.2. The third kappa shape index (κ3) is 1.87. The maximum atomic E-state index is 11.6. The molecule has 0 radical (unpaired) electrons. The summed E-state index contributed by atoms with van der Waals surface area (Å²) in [7, 11) is 0. The Hall–Kier alpha value is -1.97. The van der Waals surface area contributed by atoms with E-state index in [-0.39, 0.29) is 23.7 Å². The summed E-state index contributed by atoms with van der Waals surface area (Å²) in [5.41, 5.74) is 5.40. The number of aromatic nitrogens is 4. The molecule has 9 nitrogen and oxygen atoms in total. The van der Waals surface area contributed by atoms with Gasteiger partial charge in [-0.2, -0.15) is 4.98 Å². The highest BCUT2D eigenvalue weighted by molar-refractivity contribution is 5.70. The molecule has 0 spiro atoms. The van der Waals surface area contributed by atoms with Crippen molar-refractivity contribution in [2.45, 2.75) is 24.9 Å². The summed E-state index contributed by atoms with van der Waals surface area (Å²) in [6.45, 7) is -0.184. The number of ether oxygens (including phenoxy) is 1. The van der Waals surface area contributed by atoms with Crippen molar-refractivity contribution >= 4 is 17.1 Å². The molecule has 0 bridgehead atoms. The fraction of sp³-hybridized carbons (Fsp3) is 0.500. The molecule has 0 aromatic carbocycles. The zero-order valence-electron chi connectivity index (χ0n) is 9.85. The molecule has 3 rings (SSSR count). The van der Waals surface area contributed by atoms with Crippen LogP contribution in [0.4, 0.5) is 5.95 Å². The number of hydrogen-bond acceptors (Lipinski definition) is 7. The first kappa shape index (κ1) is 12.1. The first-order valence-electron chi connectivity index (χ1n) is 5.77. The molecule has 0 amide bonds. The van der Waals surface area contributed by atoms with Crippen LogP contribution in [0.5, 0.6) is 0 Å². The van der Waals surface area contributed by atoms with Gasteiger partial charge in [-0.05, 0) is 0 Å². The van der Waals surface area contributed by atoms with E-state index in [2.05, 4.69) is 15.0 Å². The van der Waals surface area contributed by atoms with Gasteiger partial charge in [0.15, 0.2) is 17.4 Å².